The van der Waals surface area contributed by atoms with Crippen LogP contribution in [0.5, 0.6) is 0 Å². The Morgan fingerprint density at radius 1 is 1.00 bits per heavy atom. The first-order valence-corrected chi connectivity index (χ1v) is 8.63. The van der Waals surface area contributed by atoms with Crippen molar-refractivity contribution in [3.05, 3.63) is 0 Å². The first kappa shape index (κ1) is 22.3. The molecule has 0 aliphatic carbocycles. The van der Waals surface area contributed by atoms with Gasteiger partial charge < -0.3 is 15.3 Å². The van der Waals surface area contributed by atoms with Crippen molar-refractivity contribution in [2.45, 2.75) is 51.7 Å². The third-order valence-electron chi connectivity index (χ3n) is 3.67. The molecule has 0 saturated heterocycles. The van der Waals surface area contributed by atoms with Gasteiger partial charge in [0.25, 0.3) is 10.1 Å². The second-order valence-corrected chi connectivity index (χ2v) is 8.91. The van der Waals surface area contributed by atoms with E-state index in [2.05, 4.69) is 0 Å². The van der Waals surface area contributed by atoms with E-state index in [1.54, 1.807) is 0 Å². The van der Waals surface area contributed by atoms with Crippen LogP contribution in [0.4, 0.5) is 0 Å². The van der Waals surface area contributed by atoms with E-state index in [4.69, 9.17) is 5.11 Å². The minimum Gasteiger partial charge on any atom is -0.481 e. The third-order valence-corrected chi connectivity index (χ3v) is 5.22. The number of rotatable bonds is 9. The summed E-state index contributed by atoms with van der Waals surface area (Å²) >= 11 is 0. The molecule has 4 N–H and O–H groups in total. The Morgan fingerprint density at radius 3 is 1.71 bits per heavy atom. The third kappa shape index (κ3) is 5.45. The predicted molar refractivity (Wildman–Crippen MR) is 83.1 cm³/mol. The van der Waals surface area contributed by atoms with Gasteiger partial charge in [-0.1, -0.05) is 27.7 Å². The van der Waals surface area contributed by atoms with Gasteiger partial charge in [-0.05, 0) is 24.2 Å². The van der Waals surface area contributed by atoms with Crippen LogP contribution in [0, 0.1) is 17.3 Å². The summed E-state index contributed by atoms with van der Waals surface area (Å²) in [6, 6.07) is 0. The summed E-state index contributed by atoms with van der Waals surface area (Å²) in [5, 5.41) is 27.5. The average molecular weight is 368 g/mol. The molecule has 0 amide bonds. The molecule has 0 heterocycles. The lowest BCUT2D eigenvalue weighted by Gasteiger charge is -2.34. The van der Waals surface area contributed by atoms with Gasteiger partial charge in [-0.3, -0.25) is 18.9 Å². The molecule has 0 aliphatic heterocycles. The number of carboxylic acids is 3. The van der Waals surface area contributed by atoms with Gasteiger partial charge in [0, 0.05) is 0 Å². The zero-order valence-corrected chi connectivity index (χ0v) is 14.8. The van der Waals surface area contributed by atoms with Crippen LogP contribution in [-0.4, -0.2) is 50.9 Å². The summed E-state index contributed by atoms with van der Waals surface area (Å²) in [4.78, 5) is 34.0. The molecule has 24 heavy (non-hydrogen) atoms. The highest BCUT2D eigenvalue weighted by molar-refractivity contribution is 7.88. The first-order chi connectivity index (χ1) is 10.5. The van der Waals surface area contributed by atoms with Crippen LogP contribution in [0.3, 0.4) is 0 Å². The fourth-order valence-electron chi connectivity index (χ4n) is 3.04. The molecule has 3 unspecified atom stereocenters. The molecule has 0 spiro atoms. The second kappa shape index (κ2) is 7.47. The van der Waals surface area contributed by atoms with E-state index in [0.29, 0.717) is 6.42 Å². The standard InChI is InChI=1S/C14H24O9S/c1-8(6-13(2,3)4)7-14(12(19)20,24(21,22)23)9(11(17)18)5-10(15)16/h8-9H,5-7H2,1-4H3,(H,15,16)(H,17,18)(H,19,20)(H,21,22,23). The van der Waals surface area contributed by atoms with E-state index < -0.39 is 57.5 Å². The highest BCUT2D eigenvalue weighted by Gasteiger charge is 2.60. The van der Waals surface area contributed by atoms with Gasteiger partial charge in [-0.2, -0.15) is 8.42 Å². The Bertz CT molecular complexity index is 602. The van der Waals surface area contributed by atoms with Crippen molar-refractivity contribution >= 4 is 28.0 Å². The predicted octanol–water partition coefficient (Wildman–Crippen LogP) is 1.34. The molecule has 0 aliphatic rings. The van der Waals surface area contributed by atoms with Crippen molar-refractivity contribution < 1.29 is 42.7 Å². The van der Waals surface area contributed by atoms with Crippen molar-refractivity contribution in [2.24, 2.45) is 17.3 Å². The first-order valence-electron chi connectivity index (χ1n) is 7.19. The molecule has 0 saturated carbocycles. The van der Waals surface area contributed by atoms with Crippen molar-refractivity contribution in [3.8, 4) is 0 Å². The number of carbonyl (C=O) groups is 3. The van der Waals surface area contributed by atoms with Crippen LogP contribution in [0.15, 0.2) is 0 Å². The fraction of sp³-hybridized carbons (Fsp3) is 0.786. The molecule has 9 nitrogen and oxygen atoms in total. The van der Waals surface area contributed by atoms with Gasteiger partial charge in [0.1, 0.15) is 0 Å². The second-order valence-electron chi connectivity index (χ2n) is 7.23. The Balaban J connectivity index is 6.23. The summed E-state index contributed by atoms with van der Waals surface area (Å²) in [7, 11) is -5.41. The van der Waals surface area contributed by atoms with E-state index in [-0.39, 0.29) is 5.41 Å². The minimum absolute atomic E-state index is 0.311. The molecular formula is C14H24O9S. The van der Waals surface area contributed by atoms with Crippen molar-refractivity contribution in [1.29, 1.82) is 0 Å². The highest BCUT2D eigenvalue weighted by atomic mass is 32.2. The van der Waals surface area contributed by atoms with E-state index in [1.807, 2.05) is 20.8 Å². The maximum Gasteiger partial charge on any atom is 0.328 e. The highest BCUT2D eigenvalue weighted by Crippen LogP contribution is 2.39. The molecule has 0 radical (unpaired) electrons. The van der Waals surface area contributed by atoms with Crippen LogP contribution in [0.1, 0.15) is 47.0 Å². The van der Waals surface area contributed by atoms with Gasteiger partial charge in [-0.25, -0.2) is 0 Å². The molecule has 10 heteroatoms. The molecule has 0 fully saturated rings. The SMILES string of the molecule is CC(CC(C)(C)C)CC(C(=O)O)(C(CC(=O)O)C(=O)O)S(=O)(=O)O. The summed E-state index contributed by atoms with van der Waals surface area (Å²) < 4.78 is 30.1. The smallest absolute Gasteiger partial charge is 0.328 e. The molecule has 3 atom stereocenters. The summed E-state index contributed by atoms with van der Waals surface area (Å²) in [6.45, 7) is 7.00. The molecule has 0 aromatic carbocycles. The lowest BCUT2D eigenvalue weighted by atomic mass is 9.77. The maximum atomic E-state index is 11.8. The summed E-state index contributed by atoms with van der Waals surface area (Å²) in [5.41, 5.74) is -0.311. The van der Waals surface area contributed by atoms with E-state index >= 15 is 0 Å². The Labute approximate surface area is 140 Å². The zero-order valence-electron chi connectivity index (χ0n) is 14.0. The molecule has 0 rings (SSSR count). The van der Waals surface area contributed by atoms with Crippen molar-refractivity contribution in [2.75, 3.05) is 0 Å². The lowest BCUT2D eigenvalue weighted by Crippen LogP contribution is -2.56. The minimum atomic E-state index is -5.41. The average Bonchev–Trinajstić information content (AvgIpc) is 2.28. The maximum absolute atomic E-state index is 11.8. The van der Waals surface area contributed by atoms with Crippen LogP contribution < -0.4 is 0 Å². The van der Waals surface area contributed by atoms with Crippen LogP contribution in [0.2, 0.25) is 0 Å². The summed E-state index contributed by atoms with van der Waals surface area (Å²) in [5.74, 6) is -8.61. The Morgan fingerprint density at radius 2 is 1.46 bits per heavy atom. The van der Waals surface area contributed by atoms with Crippen LogP contribution in [-0.2, 0) is 24.5 Å². The molecule has 0 aromatic heterocycles. The molecular weight excluding hydrogens is 344 g/mol. The van der Waals surface area contributed by atoms with Gasteiger partial charge in [0.05, 0.1) is 12.3 Å². The molecule has 0 aromatic rings. The number of aliphatic carboxylic acids is 3. The van der Waals surface area contributed by atoms with E-state index in [9.17, 15) is 37.6 Å². The quantitative estimate of drug-likeness (QED) is 0.439. The normalized spacial score (nSPS) is 17.5. The van der Waals surface area contributed by atoms with Gasteiger partial charge in [0.2, 0.25) is 4.75 Å². The van der Waals surface area contributed by atoms with Crippen LogP contribution in [0.25, 0.3) is 0 Å². The van der Waals surface area contributed by atoms with Gasteiger partial charge in [-0.15, -0.1) is 0 Å². The zero-order chi connectivity index (χ0) is 19.5. The topological polar surface area (TPSA) is 166 Å². The molecule has 140 valence electrons. The Hall–Kier alpha value is -1.68. The molecule has 0 bridgehead atoms. The largest absolute Gasteiger partial charge is 0.481 e. The van der Waals surface area contributed by atoms with E-state index in [1.165, 1.54) is 6.92 Å². The Kier molecular flexibility index (Phi) is 6.95. The fourth-order valence-corrected chi connectivity index (χ4v) is 4.30. The number of hydrogen-bond acceptors (Lipinski definition) is 5. The monoisotopic (exact) mass is 368 g/mol. The van der Waals surface area contributed by atoms with Crippen molar-refractivity contribution in [1.82, 2.24) is 0 Å². The van der Waals surface area contributed by atoms with Gasteiger partial charge in [0.15, 0.2) is 0 Å². The van der Waals surface area contributed by atoms with Crippen LogP contribution >= 0.6 is 0 Å². The number of carboxylic acid groups (broad SMARTS) is 3. The summed E-state index contributed by atoms with van der Waals surface area (Å²) in [6.07, 6.45) is -1.62. The lowest BCUT2D eigenvalue weighted by molar-refractivity contribution is -0.156. The number of hydrogen-bond donors (Lipinski definition) is 4. The van der Waals surface area contributed by atoms with Gasteiger partial charge >= 0.3 is 17.9 Å². The van der Waals surface area contributed by atoms with Crippen molar-refractivity contribution in [3.63, 3.8) is 0 Å². The van der Waals surface area contributed by atoms with E-state index in [0.717, 1.165) is 0 Å².